The zero-order valence-corrected chi connectivity index (χ0v) is 10.1. The Balaban J connectivity index is -0.000000144. The van der Waals surface area contributed by atoms with E-state index in [1.54, 1.807) is 0 Å². The number of hydroxylamine groups is 2. The van der Waals surface area contributed by atoms with Crippen molar-refractivity contribution in [1.82, 2.24) is 0 Å². The number of hydrogen-bond donors (Lipinski definition) is 4. The first-order chi connectivity index (χ1) is 6.54. The van der Waals surface area contributed by atoms with Gasteiger partial charge in [-0.1, -0.05) is 0 Å². The molecule has 0 amide bonds. The number of hydrogen-bond acceptors (Lipinski definition) is 6. The Bertz CT molecular complexity index is 188. The average molecular weight is 248 g/mol. The summed E-state index contributed by atoms with van der Waals surface area (Å²) < 4.78 is 34.1. The van der Waals surface area contributed by atoms with Crippen molar-refractivity contribution in [2.75, 3.05) is 0 Å². The first-order valence-corrected chi connectivity index (χ1v) is 5.49. The maximum absolute atomic E-state index is 8.52. The molecular weight excluding hydrogens is 228 g/mol. The van der Waals surface area contributed by atoms with E-state index in [0.29, 0.717) is 12.1 Å². The summed E-state index contributed by atoms with van der Waals surface area (Å²) in [6, 6.07) is 0.630. The van der Waals surface area contributed by atoms with Crippen molar-refractivity contribution in [1.29, 1.82) is 0 Å². The van der Waals surface area contributed by atoms with E-state index in [2.05, 4.69) is 0 Å². The van der Waals surface area contributed by atoms with E-state index in [1.807, 2.05) is 27.7 Å². The molecule has 8 nitrogen and oxygen atoms in total. The van der Waals surface area contributed by atoms with Crippen molar-refractivity contribution >= 4 is 10.4 Å². The van der Waals surface area contributed by atoms with Gasteiger partial charge in [-0.2, -0.15) is 0 Å². The Morgan fingerprint density at radius 2 is 1.00 bits per heavy atom. The summed E-state index contributed by atoms with van der Waals surface area (Å²) in [7, 11) is -5.17. The van der Waals surface area contributed by atoms with Crippen LogP contribution in [0, 0.1) is 0 Å². The monoisotopic (exact) mass is 248 g/mol. The molecule has 0 saturated heterocycles. The lowest BCUT2D eigenvalue weighted by Gasteiger charge is -2.06. The van der Waals surface area contributed by atoms with E-state index in [4.69, 9.17) is 27.9 Å². The molecule has 0 atom stereocenters. The number of nitrogens with two attached hydrogens (primary N) is 2. The van der Waals surface area contributed by atoms with Gasteiger partial charge in [-0.15, -0.1) is 0 Å². The lowest BCUT2D eigenvalue weighted by atomic mass is 10.4. The molecule has 15 heavy (non-hydrogen) atoms. The Labute approximate surface area is 89.8 Å². The van der Waals surface area contributed by atoms with Gasteiger partial charge in [0.15, 0.2) is 0 Å². The summed E-state index contributed by atoms with van der Waals surface area (Å²) in [6.07, 6.45) is 0. The third-order valence-electron chi connectivity index (χ3n) is 0.596. The van der Waals surface area contributed by atoms with Crippen LogP contribution in [0.15, 0.2) is 0 Å². The van der Waals surface area contributed by atoms with Crippen molar-refractivity contribution in [3.63, 3.8) is 0 Å². The molecule has 0 bridgehead atoms. The smallest absolute Gasteiger partial charge is 0.110 e. The van der Waals surface area contributed by atoms with E-state index in [0.717, 1.165) is 0 Å². The second-order valence-corrected chi connectivity index (χ2v) is 4.01. The fraction of sp³-hybridized carbons (Fsp3) is 1.00. The van der Waals surface area contributed by atoms with Crippen LogP contribution in [0.3, 0.4) is 0 Å². The molecule has 0 unspecified atom stereocenters. The van der Waals surface area contributed by atoms with Gasteiger partial charge in [-0.25, -0.2) is 21.4 Å². The van der Waals surface area contributed by atoms with Crippen LogP contribution in [0.2, 0.25) is 0 Å². The summed E-state index contributed by atoms with van der Waals surface area (Å²) in [6.45, 7) is 7.67. The van der Waals surface area contributed by atoms with Gasteiger partial charge in [0.1, 0.15) is 12.1 Å². The van der Waals surface area contributed by atoms with E-state index in [1.165, 1.54) is 11.0 Å². The van der Waals surface area contributed by atoms with Crippen molar-refractivity contribution < 1.29 is 38.9 Å². The van der Waals surface area contributed by atoms with Crippen LogP contribution in [0.4, 0.5) is 0 Å². The van der Waals surface area contributed by atoms with Crippen LogP contribution in [-0.2, 0) is 10.4 Å². The molecule has 0 aliphatic heterocycles. The molecule has 0 aliphatic rings. The maximum Gasteiger partial charge on any atom is 0.110 e. The summed E-state index contributed by atoms with van der Waals surface area (Å²) >= 11 is 0. The molecule has 0 aromatic rings. The average Bonchev–Trinajstić information content (AvgIpc) is 2.02. The molecule has 0 spiro atoms. The highest BCUT2D eigenvalue weighted by atomic mass is 32.3. The van der Waals surface area contributed by atoms with Gasteiger partial charge in [0.2, 0.25) is 0 Å². The zero-order valence-electron chi connectivity index (χ0n) is 9.25. The summed E-state index contributed by atoms with van der Waals surface area (Å²) in [4.78, 5) is 0. The second-order valence-electron chi connectivity index (χ2n) is 3.19. The van der Waals surface area contributed by atoms with Crippen LogP contribution in [0.25, 0.3) is 0 Å². The van der Waals surface area contributed by atoms with E-state index < -0.39 is 10.4 Å². The quantitative estimate of drug-likeness (QED) is 0.238. The predicted octanol–water partition coefficient (Wildman–Crippen LogP) is -2.64. The van der Waals surface area contributed by atoms with Crippen LogP contribution in [0.1, 0.15) is 27.7 Å². The fourth-order valence-corrected chi connectivity index (χ4v) is 0. The minimum absolute atomic E-state index is 0.315. The van der Waals surface area contributed by atoms with Crippen molar-refractivity contribution in [2.45, 2.75) is 39.8 Å². The van der Waals surface area contributed by atoms with Crippen LogP contribution >= 0.6 is 0 Å². The van der Waals surface area contributed by atoms with Crippen molar-refractivity contribution in [3.8, 4) is 0 Å². The highest BCUT2D eigenvalue weighted by Gasteiger charge is 1.84. The predicted molar refractivity (Wildman–Crippen MR) is 48.2 cm³/mol. The highest BCUT2D eigenvalue weighted by molar-refractivity contribution is 7.79. The first-order valence-electron chi connectivity index (χ1n) is 4.16. The molecule has 9 heteroatoms. The maximum atomic E-state index is 8.52. The van der Waals surface area contributed by atoms with Gasteiger partial charge in [-0.3, -0.25) is 8.42 Å². The van der Waals surface area contributed by atoms with Gasteiger partial charge in [0, 0.05) is 10.4 Å². The molecule has 0 heterocycles. The molecular formula is C6H20N2O6S. The largest absolute Gasteiger partial charge is 0.759 e. The Kier molecular flexibility index (Phi) is 15.8. The Morgan fingerprint density at radius 1 is 0.933 bits per heavy atom. The molecule has 0 aliphatic carbocycles. The number of quaternary nitrogens is 2. The van der Waals surface area contributed by atoms with Crippen LogP contribution in [-0.4, -0.2) is 40.0 Å². The summed E-state index contributed by atoms with van der Waals surface area (Å²) in [5, 5.41) is 16.0. The van der Waals surface area contributed by atoms with E-state index >= 15 is 0 Å². The molecule has 0 radical (unpaired) electrons. The SMILES string of the molecule is CC(C)[NH2+]O.CC(C)[NH2+]O.O=S(=O)([O-])[O-]. The molecule has 6 N–H and O–H groups in total. The highest BCUT2D eigenvalue weighted by Crippen LogP contribution is 1.58. The fourth-order valence-electron chi connectivity index (χ4n) is 0. The summed E-state index contributed by atoms with van der Waals surface area (Å²) in [5.74, 6) is 0. The Morgan fingerprint density at radius 3 is 1.00 bits per heavy atom. The van der Waals surface area contributed by atoms with Gasteiger partial charge >= 0.3 is 0 Å². The standard InChI is InChI=1S/2C3H9NO.H2O4S/c2*1-3(2)4-5;1-5(2,3)4/h2*3-5H,1-2H3;(H2,1,2,3,4). The molecule has 0 saturated carbocycles. The second kappa shape index (κ2) is 11.8. The minimum atomic E-state index is -5.17. The van der Waals surface area contributed by atoms with E-state index in [9.17, 15) is 0 Å². The summed E-state index contributed by atoms with van der Waals surface area (Å²) in [5.41, 5.74) is 2.33. The minimum Gasteiger partial charge on any atom is -0.759 e. The van der Waals surface area contributed by atoms with Gasteiger partial charge in [-0.05, 0) is 27.7 Å². The third-order valence-corrected chi connectivity index (χ3v) is 0.596. The van der Waals surface area contributed by atoms with Crippen molar-refractivity contribution in [3.05, 3.63) is 0 Å². The molecule has 0 fully saturated rings. The molecule has 0 aromatic carbocycles. The van der Waals surface area contributed by atoms with Gasteiger partial charge < -0.3 is 9.11 Å². The number of rotatable bonds is 2. The molecule has 0 rings (SSSR count). The lowest BCUT2D eigenvalue weighted by Crippen LogP contribution is -2.85. The van der Waals surface area contributed by atoms with Crippen molar-refractivity contribution in [2.24, 2.45) is 0 Å². The normalized spacial score (nSPS) is 10.3. The van der Waals surface area contributed by atoms with Crippen LogP contribution in [0.5, 0.6) is 0 Å². The zero-order chi connectivity index (χ0) is 13.1. The van der Waals surface area contributed by atoms with E-state index in [-0.39, 0.29) is 0 Å². The lowest BCUT2D eigenvalue weighted by molar-refractivity contribution is -0.906. The van der Waals surface area contributed by atoms with Gasteiger partial charge in [0.05, 0.1) is 0 Å². The van der Waals surface area contributed by atoms with Crippen LogP contribution < -0.4 is 11.0 Å². The Hall–Kier alpha value is -0.290. The van der Waals surface area contributed by atoms with Gasteiger partial charge in [0.25, 0.3) is 0 Å². The molecule has 96 valence electrons. The topological polar surface area (TPSA) is 154 Å². The first kappa shape index (κ1) is 20.2. The molecule has 0 aromatic heterocycles. The third kappa shape index (κ3) is 137.